The standard InChI is InChI=1S/C26H34ClN7OS.C2H6/c1-16-17(2)36-26-23(16)24(19-5-7-20(27)8-6-19)31-21(25(29)34(26)18(3)28)15-22(35)30-9-10-33-13-11-32(4)12-14-33;1-2/h5-8,21,28-29H,9-15H2,1-4H3,(H,30,35);1-2H3. The molecular formula is C28H40ClN7OS. The first-order chi connectivity index (χ1) is 18.2. The summed E-state index contributed by atoms with van der Waals surface area (Å²) in [6, 6.07) is 6.77. The fraction of sp³-hybridized carbons (Fsp3) is 0.500. The minimum atomic E-state index is -0.709. The van der Waals surface area contributed by atoms with Gasteiger partial charge in [0.2, 0.25) is 5.91 Å². The Kier molecular flexibility index (Phi) is 10.6. The van der Waals surface area contributed by atoms with E-state index in [0.29, 0.717) is 11.6 Å². The van der Waals surface area contributed by atoms with Gasteiger partial charge in [-0.2, -0.15) is 0 Å². The summed E-state index contributed by atoms with van der Waals surface area (Å²) in [6.07, 6.45) is 0.0510. The minimum Gasteiger partial charge on any atom is -0.355 e. The van der Waals surface area contributed by atoms with Crippen molar-refractivity contribution in [3.63, 3.8) is 0 Å². The minimum absolute atomic E-state index is 0.0510. The van der Waals surface area contributed by atoms with Crippen LogP contribution in [0, 0.1) is 24.7 Å². The molecule has 3 N–H and O–H groups in total. The highest BCUT2D eigenvalue weighted by atomic mass is 35.5. The van der Waals surface area contributed by atoms with Crippen molar-refractivity contribution in [1.29, 1.82) is 10.8 Å². The second kappa shape index (κ2) is 13.5. The van der Waals surface area contributed by atoms with Crippen LogP contribution in [0.3, 0.4) is 0 Å². The highest BCUT2D eigenvalue weighted by molar-refractivity contribution is 7.17. The quantitative estimate of drug-likeness (QED) is 0.351. The molecule has 8 nitrogen and oxygen atoms in total. The molecule has 2 aliphatic heterocycles. The molecular weight excluding hydrogens is 518 g/mol. The van der Waals surface area contributed by atoms with Crippen molar-refractivity contribution in [1.82, 2.24) is 15.1 Å². The van der Waals surface area contributed by atoms with E-state index in [4.69, 9.17) is 27.4 Å². The molecule has 1 fully saturated rings. The lowest BCUT2D eigenvalue weighted by atomic mass is 9.99. The molecule has 1 atom stereocenters. The van der Waals surface area contributed by atoms with Gasteiger partial charge in [0.25, 0.3) is 0 Å². The first-order valence-corrected chi connectivity index (χ1v) is 14.4. The third-order valence-corrected chi connectivity index (χ3v) is 8.27. The van der Waals surface area contributed by atoms with Gasteiger partial charge in [-0.05, 0) is 45.5 Å². The molecule has 2 aliphatic rings. The predicted molar refractivity (Wildman–Crippen MR) is 161 cm³/mol. The number of likely N-dealkylation sites (N-methyl/N-ethyl adjacent to an activating group) is 1. The summed E-state index contributed by atoms with van der Waals surface area (Å²) in [5.41, 5.74) is 3.58. The summed E-state index contributed by atoms with van der Waals surface area (Å²) in [5.74, 6) is 0.234. The van der Waals surface area contributed by atoms with E-state index >= 15 is 0 Å². The molecule has 206 valence electrons. The number of rotatable bonds is 6. The highest BCUT2D eigenvalue weighted by Crippen LogP contribution is 2.40. The Balaban J connectivity index is 0.00000195. The number of aliphatic imine (C=N–C) groups is 1. The molecule has 38 heavy (non-hydrogen) atoms. The van der Waals surface area contributed by atoms with Crippen LogP contribution in [-0.4, -0.2) is 85.4 Å². The van der Waals surface area contributed by atoms with E-state index < -0.39 is 6.04 Å². The van der Waals surface area contributed by atoms with Gasteiger partial charge in [0, 0.05) is 60.3 Å². The second-order valence-electron chi connectivity index (χ2n) is 9.47. The van der Waals surface area contributed by atoms with Crippen molar-refractivity contribution < 1.29 is 4.79 Å². The van der Waals surface area contributed by atoms with Gasteiger partial charge in [-0.3, -0.25) is 30.4 Å². The van der Waals surface area contributed by atoms with E-state index in [1.54, 1.807) is 23.2 Å². The molecule has 1 aromatic heterocycles. The Hall–Kier alpha value is -2.59. The Morgan fingerprint density at radius 1 is 1.16 bits per heavy atom. The van der Waals surface area contributed by atoms with Crippen LogP contribution in [-0.2, 0) is 4.79 Å². The smallest absolute Gasteiger partial charge is 0.222 e. The number of aryl methyl sites for hydroxylation is 1. The number of halogens is 1. The number of hydrogen-bond acceptors (Lipinski definition) is 7. The Morgan fingerprint density at radius 2 is 1.79 bits per heavy atom. The number of anilines is 1. The molecule has 0 saturated carbocycles. The van der Waals surface area contributed by atoms with Crippen LogP contribution in [0.1, 0.15) is 48.8 Å². The third kappa shape index (κ3) is 6.88. The fourth-order valence-corrected chi connectivity index (χ4v) is 5.91. The van der Waals surface area contributed by atoms with Crippen molar-refractivity contribution in [2.75, 3.05) is 51.2 Å². The first kappa shape index (κ1) is 30.0. The number of piperazine rings is 1. The largest absolute Gasteiger partial charge is 0.355 e. The summed E-state index contributed by atoms with van der Waals surface area (Å²) in [5, 5.41) is 21.9. The van der Waals surface area contributed by atoms with E-state index in [1.807, 2.05) is 52.0 Å². The topological polar surface area (TPSA) is 98.9 Å². The van der Waals surface area contributed by atoms with Gasteiger partial charge in [0.15, 0.2) is 0 Å². The summed E-state index contributed by atoms with van der Waals surface area (Å²) in [6.45, 7) is 15.2. The summed E-state index contributed by atoms with van der Waals surface area (Å²) in [7, 11) is 2.13. The van der Waals surface area contributed by atoms with Crippen LogP contribution in [0.2, 0.25) is 5.02 Å². The lowest BCUT2D eigenvalue weighted by Crippen LogP contribution is -2.47. The second-order valence-corrected chi connectivity index (χ2v) is 11.1. The molecule has 3 heterocycles. The molecule has 1 aromatic carbocycles. The maximum Gasteiger partial charge on any atom is 0.222 e. The Morgan fingerprint density at radius 3 is 2.39 bits per heavy atom. The van der Waals surface area contributed by atoms with Crippen LogP contribution < -0.4 is 10.2 Å². The van der Waals surface area contributed by atoms with Gasteiger partial charge in [0.05, 0.1) is 12.1 Å². The zero-order valence-corrected chi connectivity index (χ0v) is 24.9. The Bertz CT molecular complexity index is 1180. The molecule has 4 rings (SSSR count). The van der Waals surface area contributed by atoms with E-state index in [-0.39, 0.29) is 24.0 Å². The van der Waals surface area contributed by atoms with Crippen molar-refractivity contribution >= 4 is 51.2 Å². The molecule has 0 radical (unpaired) electrons. The molecule has 1 saturated heterocycles. The van der Waals surface area contributed by atoms with E-state index in [9.17, 15) is 4.79 Å². The molecule has 0 spiro atoms. The average Bonchev–Trinajstić information content (AvgIpc) is 3.11. The maximum absolute atomic E-state index is 13.0. The van der Waals surface area contributed by atoms with E-state index in [2.05, 4.69) is 22.2 Å². The summed E-state index contributed by atoms with van der Waals surface area (Å²) < 4.78 is 0. The molecule has 0 bridgehead atoms. The van der Waals surface area contributed by atoms with Crippen molar-refractivity contribution in [3.8, 4) is 0 Å². The SMILES string of the molecule is CC.CC(=N)N1C(=N)C(CC(=O)NCCN2CCN(C)CC2)N=C(c2ccc(Cl)cc2)c2c1sc(C)c2C. The first-order valence-electron chi connectivity index (χ1n) is 13.2. The predicted octanol–water partition coefficient (Wildman–Crippen LogP) is 4.80. The number of nitrogens with zero attached hydrogens (tertiary/aromatic N) is 4. The maximum atomic E-state index is 13.0. The fourth-order valence-electron chi connectivity index (χ4n) is 4.56. The summed E-state index contributed by atoms with van der Waals surface area (Å²) >= 11 is 7.70. The molecule has 1 unspecified atom stereocenters. The highest BCUT2D eigenvalue weighted by Gasteiger charge is 2.34. The molecule has 2 aromatic rings. The molecule has 10 heteroatoms. The van der Waals surface area contributed by atoms with Crippen LogP contribution >= 0.6 is 22.9 Å². The van der Waals surface area contributed by atoms with Crippen LogP contribution in [0.4, 0.5) is 5.00 Å². The number of hydrogen-bond donors (Lipinski definition) is 3. The lowest BCUT2D eigenvalue weighted by Gasteiger charge is -2.32. The zero-order chi connectivity index (χ0) is 28.0. The third-order valence-electron chi connectivity index (χ3n) is 6.83. The zero-order valence-electron chi connectivity index (χ0n) is 23.3. The van der Waals surface area contributed by atoms with E-state index in [1.165, 1.54) is 0 Å². The van der Waals surface area contributed by atoms with Crippen LogP contribution in [0.15, 0.2) is 29.3 Å². The Labute approximate surface area is 235 Å². The van der Waals surface area contributed by atoms with Gasteiger partial charge in [0.1, 0.15) is 22.7 Å². The van der Waals surface area contributed by atoms with Gasteiger partial charge >= 0.3 is 0 Å². The van der Waals surface area contributed by atoms with Crippen molar-refractivity contribution in [2.45, 2.75) is 47.1 Å². The van der Waals surface area contributed by atoms with Gasteiger partial charge in [-0.15, -0.1) is 11.3 Å². The van der Waals surface area contributed by atoms with Gasteiger partial charge < -0.3 is 10.2 Å². The lowest BCUT2D eigenvalue weighted by molar-refractivity contribution is -0.121. The van der Waals surface area contributed by atoms with E-state index in [0.717, 1.165) is 65.0 Å². The van der Waals surface area contributed by atoms with Crippen molar-refractivity contribution in [3.05, 3.63) is 50.9 Å². The van der Waals surface area contributed by atoms with Crippen LogP contribution in [0.5, 0.6) is 0 Å². The number of carbonyl (C=O) groups excluding carboxylic acids is 1. The van der Waals surface area contributed by atoms with Crippen LogP contribution in [0.25, 0.3) is 0 Å². The van der Waals surface area contributed by atoms with Gasteiger partial charge in [-0.25, -0.2) is 0 Å². The average molecular weight is 558 g/mol. The number of benzene rings is 1. The number of amides is 1. The summed E-state index contributed by atoms with van der Waals surface area (Å²) in [4.78, 5) is 25.4. The van der Waals surface area contributed by atoms with Gasteiger partial charge in [-0.1, -0.05) is 37.6 Å². The number of fused-ring (bicyclic) bond motifs is 1. The number of amidine groups is 2. The number of nitrogens with one attached hydrogen (secondary N) is 3. The molecule has 1 amide bonds. The number of carbonyl (C=O) groups is 1. The normalized spacial score (nSPS) is 18.2. The molecule has 0 aliphatic carbocycles. The monoisotopic (exact) mass is 557 g/mol. The van der Waals surface area contributed by atoms with Crippen molar-refractivity contribution in [2.24, 2.45) is 4.99 Å². The number of thiophene rings is 1.